The van der Waals surface area contributed by atoms with Crippen LogP contribution in [0, 0.1) is 6.92 Å². The number of aromatic nitrogens is 2. The van der Waals surface area contributed by atoms with Gasteiger partial charge in [0, 0.05) is 28.9 Å². The van der Waals surface area contributed by atoms with E-state index in [0.717, 1.165) is 33.8 Å². The second-order valence-corrected chi connectivity index (χ2v) is 9.71. The lowest BCUT2D eigenvalue weighted by Gasteiger charge is -2.12. The van der Waals surface area contributed by atoms with E-state index in [4.69, 9.17) is 21.7 Å². The number of amides is 1. The zero-order chi connectivity index (χ0) is 25.1. The number of hydrogen-bond donors (Lipinski definition) is 0. The Morgan fingerprint density at radius 1 is 1.03 bits per heavy atom. The van der Waals surface area contributed by atoms with Gasteiger partial charge in [-0.3, -0.25) is 9.69 Å². The summed E-state index contributed by atoms with van der Waals surface area (Å²) in [4.78, 5) is 20.4. The highest BCUT2D eigenvalue weighted by Crippen LogP contribution is 2.36. The molecule has 0 saturated carbocycles. The highest BCUT2D eigenvalue weighted by Gasteiger charge is 2.33. The van der Waals surface area contributed by atoms with Crippen LogP contribution in [0.4, 0.5) is 5.69 Å². The van der Waals surface area contributed by atoms with Crippen molar-refractivity contribution < 1.29 is 4.79 Å². The van der Waals surface area contributed by atoms with Crippen LogP contribution >= 0.6 is 23.4 Å². The lowest BCUT2D eigenvalue weighted by atomic mass is 10.1. The Morgan fingerprint density at radius 3 is 2.44 bits per heavy atom. The van der Waals surface area contributed by atoms with Gasteiger partial charge in [-0.1, -0.05) is 65.7 Å². The van der Waals surface area contributed by atoms with E-state index in [2.05, 4.69) is 6.58 Å². The number of nitrogens with zero attached hydrogens (tertiary/aromatic N) is 4. The first-order valence-corrected chi connectivity index (χ1v) is 12.6. The summed E-state index contributed by atoms with van der Waals surface area (Å²) in [5.74, 6) is -0.111. The number of carbonyl (C=O) groups excluding carboxylic acids is 1. The molecule has 0 atom stereocenters. The molecule has 0 bridgehead atoms. The topological polar surface area (TPSA) is 50.5 Å². The Bertz CT molecular complexity index is 1470. The van der Waals surface area contributed by atoms with Gasteiger partial charge in [0.1, 0.15) is 0 Å². The van der Waals surface area contributed by atoms with Crippen molar-refractivity contribution in [2.45, 2.75) is 6.92 Å². The molecule has 4 aromatic rings. The highest BCUT2D eigenvalue weighted by molar-refractivity contribution is 8.18. The third-order valence-electron chi connectivity index (χ3n) is 5.63. The van der Waals surface area contributed by atoms with Crippen LogP contribution in [-0.4, -0.2) is 32.3 Å². The third kappa shape index (κ3) is 5.05. The number of rotatable bonds is 6. The normalized spacial score (nSPS) is 15.7. The van der Waals surface area contributed by atoms with Crippen LogP contribution in [0.25, 0.3) is 23.0 Å². The minimum Gasteiger partial charge on any atom is -0.283 e. The van der Waals surface area contributed by atoms with Gasteiger partial charge in [-0.25, -0.2) is 9.67 Å². The number of aliphatic imine (C=N–C) groups is 1. The largest absolute Gasteiger partial charge is 0.283 e. The number of para-hydroxylation sites is 1. The number of thioether (sulfide) groups is 1. The molecule has 1 fully saturated rings. The lowest BCUT2D eigenvalue weighted by molar-refractivity contribution is -0.121. The monoisotopic (exact) mass is 510 g/mol. The van der Waals surface area contributed by atoms with Crippen molar-refractivity contribution >= 4 is 46.2 Å². The predicted octanol–water partition coefficient (Wildman–Crippen LogP) is 7.29. The summed E-state index contributed by atoms with van der Waals surface area (Å²) < 4.78 is 1.82. The SMILES string of the molecule is C=CCN1C(=O)/C(=C/c2cn(-c3ccccc3)nc2-c2ccc(Cl)cc2)SC1=Nc1ccc(C)cc1. The zero-order valence-electron chi connectivity index (χ0n) is 19.6. The molecule has 1 saturated heterocycles. The summed E-state index contributed by atoms with van der Waals surface area (Å²) in [5, 5.41) is 6.12. The first-order chi connectivity index (χ1) is 17.5. The molecule has 1 aromatic heterocycles. The molecule has 3 aromatic carbocycles. The van der Waals surface area contributed by atoms with E-state index in [1.54, 1.807) is 11.0 Å². The number of carbonyl (C=O) groups is 1. The first kappa shape index (κ1) is 23.9. The molecule has 0 aliphatic carbocycles. The van der Waals surface area contributed by atoms with Crippen molar-refractivity contribution in [1.82, 2.24) is 14.7 Å². The van der Waals surface area contributed by atoms with Crippen LogP contribution in [0.1, 0.15) is 11.1 Å². The van der Waals surface area contributed by atoms with Gasteiger partial charge >= 0.3 is 0 Å². The Balaban J connectivity index is 1.57. The number of halogens is 1. The van der Waals surface area contributed by atoms with E-state index >= 15 is 0 Å². The molecular weight excluding hydrogens is 488 g/mol. The smallest absolute Gasteiger partial charge is 0.267 e. The Labute approximate surface area is 219 Å². The second-order valence-electron chi connectivity index (χ2n) is 8.27. The van der Waals surface area contributed by atoms with Crippen molar-refractivity contribution in [3.8, 4) is 16.9 Å². The highest BCUT2D eigenvalue weighted by atomic mass is 35.5. The van der Waals surface area contributed by atoms with Gasteiger partial charge in [-0.15, -0.1) is 6.58 Å². The molecule has 7 heteroatoms. The van der Waals surface area contributed by atoms with Crippen LogP contribution in [0.5, 0.6) is 0 Å². The molecule has 0 spiro atoms. The van der Waals surface area contributed by atoms with E-state index in [1.807, 2.05) is 103 Å². The fourth-order valence-electron chi connectivity index (χ4n) is 3.79. The summed E-state index contributed by atoms with van der Waals surface area (Å²) >= 11 is 7.47. The molecule has 0 unspecified atom stereocenters. The van der Waals surface area contributed by atoms with Gasteiger partial charge in [-0.2, -0.15) is 5.10 Å². The van der Waals surface area contributed by atoms with Crippen LogP contribution in [0.15, 0.2) is 108 Å². The summed E-state index contributed by atoms with van der Waals surface area (Å²) in [6.45, 7) is 6.22. The quantitative estimate of drug-likeness (QED) is 0.202. The van der Waals surface area contributed by atoms with Crippen molar-refractivity contribution in [3.63, 3.8) is 0 Å². The van der Waals surface area contributed by atoms with E-state index in [1.165, 1.54) is 11.8 Å². The molecular formula is C29H23ClN4OS. The van der Waals surface area contributed by atoms with E-state index in [-0.39, 0.29) is 5.91 Å². The van der Waals surface area contributed by atoms with Crippen molar-refractivity contribution in [1.29, 1.82) is 0 Å². The molecule has 2 heterocycles. The summed E-state index contributed by atoms with van der Waals surface area (Å²) in [6.07, 6.45) is 5.53. The standard InChI is InChI=1S/C29H23ClN4OS/c1-3-17-33-28(35)26(36-29(33)31-24-15-9-20(2)10-16-24)18-22-19-34(25-7-5-4-6-8-25)32-27(22)21-11-13-23(30)14-12-21/h3-16,18-19H,1,17H2,2H3/b26-18-,31-29?. The second kappa shape index (κ2) is 10.4. The van der Waals surface area contributed by atoms with Gasteiger partial charge < -0.3 is 0 Å². The Kier molecular flexibility index (Phi) is 6.89. The number of amidine groups is 1. The molecule has 5 rings (SSSR count). The zero-order valence-corrected chi connectivity index (χ0v) is 21.2. The lowest BCUT2D eigenvalue weighted by Crippen LogP contribution is -2.29. The average Bonchev–Trinajstić information content (AvgIpc) is 3.44. The third-order valence-corrected chi connectivity index (χ3v) is 6.88. The van der Waals surface area contributed by atoms with Gasteiger partial charge in [0.25, 0.3) is 5.91 Å². The molecule has 36 heavy (non-hydrogen) atoms. The number of aryl methyl sites for hydroxylation is 1. The fourth-order valence-corrected chi connectivity index (χ4v) is 4.92. The molecule has 0 radical (unpaired) electrons. The molecule has 178 valence electrons. The fraction of sp³-hybridized carbons (Fsp3) is 0.0690. The molecule has 1 aliphatic heterocycles. The van der Waals surface area contributed by atoms with Gasteiger partial charge in [0.2, 0.25) is 0 Å². The van der Waals surface area contributed by atoms with Gasteiger partial charge in [0.15, 0.2) is 5.17 Å². The average molecular weight is 511 g/mol. The van der Waals surface area contributed by atoms with Crippen LogP contribution < -0.4 is 0 Å². The number of benzene rings is 3. The Hall–Kier alpha value is -3.87. The predicted molar refractivity (Wildman–Crippen MR) is 150 cm³/mol. The van der Waals surface area contributed by atoms with E-state index in [9.17, 15) is 4.79 Å². The molecule has 5 nitrogen and oxygen atoms in total. The minimum absolute atomic E-state index is 0.111. The van der Waals surface area contributed by atoms with E-state index < -0.39 is 0 Å². The van der Waals surface area contributed by atoms with Crippen molar-refractivity contribution in [2.24, 2.45) is 4.99 Å². The van der Waals surface area contributed by atoms with E-state index in [0.29, 0.717) is 21.6 Å². The maximum absolute atomic E-state index is 13.4. The Morgan fingerprint density at radius 2 is 1.75 bits per heavy atom. The maximum atomic E-state index is 13.4. The summed E-state index contributed by atoms with van der Waals surface area (Å²) in [6, 6.07) is 25.3. The molecule has 1 aliphatic rings. The summed E-state index contributed by atoms with van der Waals surface area (Å²) in [7, 11) is 0. The van der Waals surface area contributed by atoms with Crippen LogP contribution in [0.3, 0.4) is 0 Å². The van der Waals surface area contributed by atoms with Crippen LogP contribution in [0.2, 0.25) is 5.02 Å². The van der Waals surface area contributed by atoms with Crippen LogP contribution in [-0.2, 0) is 4.79 Å². The maximum Gasteiger partial charge on any atom is 0.267 e. The molecule has 1 amide bonds. The van der Waals surface area contributed by atoms with Crippen molar-refractivity contribution in [2.75, 3.05) is 6.54 Å². The first-order valence-electron chi connectivity index (χ1n) is 11.4. The van der Waals surface area contributed by atoms with Gasteiger partial charge in [-0.05, 0) is 61.2 Å². The molecule has 0 N–H and O–H groups in total. The van der Waals surface area contributed by atoms with Gasteiger partial charge in [0.05, 0.1) is 22.0 Å². The van der Waals surface area contributed by atoms with Crippen molar-refractivity contribution in [3.05, 3.63) is 119 Å². The minimum atomic E-state index is -0.111. The number of hydrogen-bond acceptors (Lipinski definition) is 4. The summed E-state index contributed by atoms with van der Waals surface area (Å²) in [5.41, 5.74) is 5.38.